The molecule has 2 unspecified atom stereocenters. The molecule has 12 heavy (non-hydrogen) atoms. The van der Waals surface area contributed by atoms with Crippen LogP contribution < -0.4 is 11.1 Å². The number of nitrogens with one attached hydrogen (secondary N) is 1. The van der Waals surface area contributed by atoms with Crippen molar-refractivity contribution in [3.63, 3.8) is 0 Å². The summed E-state index contributed by atoms with van der Waals surface area (Å²) in [5.41, 5.74) is 5.50. The summed E-state index contributed by atoms with van der Waals surface area (Å²) in [5.74, 6) is 0.358. The molecule has 3 N–H and O–H groups in total. The van der Waals surface area contributed by atoms with Gasteiger partial charge in [-0.05, 0) is 31.8 Å². The van der Waals surface area contributed by atoms with E-state index in [2.05, 4.69) is 10.1 Å². The zero-order valence-corrected chi connectivity index (χ0v) is 7.38. The molecule has 2 atom stereocenters. The highest BCUT2D eigenvalue weighted by Gasteiger charge is 2.25. The lowest BCUT2D eigenvalue weighted by molar-refractivity contribution is -0.143. The highest BCUT2D eigenvalue weighted by Crippen LogP contribution is 2.13. The Balaban J connectivity index is 2.30. The lowest BCUT2D eigenvalue weighted by Crippen LogP contribution is -2.46. The van der Waals surface area contributed by atoms with Crippen LogP contribution in [-0.4, -0.2) is 32.2 Å². The van der Waals surface area contributed by atoms with E-state index < -0.39 is 0 Å². The smallest absolute Gasteiger partial charge is 0.322 e. The summed E-state index contributed by atoms with van der Waals surface area (Å²) in [5, 5.41) is 3.12. The van der Waals surface area contributed by atoms with Crippen molar-refractivity contribution in [2.24, 2.45) is 11.7 Å². The lowest BCUT2D eigenvalue weighted by Gasteiger charge is -2.27. The number of nitrogens with two attached hydrogens (primary N) is 1. The quantitative estimate of drug-likeness (QED) is 0.550. The van der Waals surface area contributed by atoms with E-state index in [1.807, 2.05) is 0 Å². The van der Waals surface area contributed by atoms with Crippen molar-refractivity contribution < 1.29 is 9.53 Å². The van der Waals surface area contributed by atoms with E-state index in [1.54, 1.807) is 0 Å². The van der Waals surface area contributed by atoms with Crippen molar-refractivity contribution >= 4 is 5.97 Å². The maximum Gasteiger partial charge on any atom is 0.322 e. The molecule has 4 heteroatoms. The van der Waals surface area contributed by atoms with Crippen molar-refractivity contribution in [1.29, 1.82) is 0 Å². The zero-order valence-electron chi connectivity index (χ0n) is 7.38. The molecule has 0 saturated carbocycles. The summed E-state index contributed by atoms with van der Waals surface area (Å²) < 4.78 is 4.63. The first-order chi connectivity index (χ1) is 5.77. The minimum absolute atomic E-state index is 0.113. The van der Waals surface area contributed by atoms with E-state index in [4.69, 9.17) is 5.73 Å². The molecule has 1 saturated heterocycles. The number of carbonyl (C=O) groups is 1. The standard InChI is InChI=1S/C8H16N2O2/c1-12-8(11)7-3-2-6(4-9)5-10-7/h6-7,10H,2-5,9H2,1H3. The molecule has 0 aromatic rings. The summed E-state index contributed by atoms with van der Waals surface area (Å²) >= 11 is 0. The fourth-order valence-electron chi connectivity index (χ4n) is 1.46. The molecule has 0 aliphatic carbocycles. The van der Waals surface area contributed by atoms with Gasteiger partial charge in [0.15, 0.2) is 0 Å². The van der Waals surface area contributed by atoms with Crippen molar-refractivity contribution in [1.82, 2.24) is 5.32 Å². The second kappa shape index (κ2) is 4.42. The van der Waals surface area contributed by atoms with Gasteiger partial charge in [-0.3, -0.25) is 4.79 Å². The summed E-state index contributed by atoms with van der Waals surface area (Å²) in [4.78, 5) is 11.0. The summed E-state index contributed by atoms with van der Waals surface area (Å²) in [6.07, 6.45) is 1.86. The molecule has 0 radical (unpaired) electrons. The third-order valence-electron chi connectivity index (χ3n) is 2.34. The topological polar surface area (TPSA) is 64.3 Å². The largest absolute Gasteiger partial charge is 0.468 e. The van der Waals surface area contributed by atoms with Crippen LogP contribution in [0.25, 0.3) is 0 Å². The molecule has 0 spiro atoms. The maximum atomic E-state index is 11.0. The Morgan fingerprint density at radius 3 is 2.83 bits per heavy atom. The van der Waals surface area contributed by atoms with Gasteiger partial charge >= 0.3 is 5.97 Å². The van der Waals surface area contributed by atoms with Gasteiger partial charge in [-0.2, -0.15) is 0 Å². The number of piperidine rings is 1. The second-order valence-electron chi connectivity index (χ2n) is 3.16. The molecule has 0 aromatic carbocycles. The summed E-state index contributed by atoms with van der Waals surface area (Å²) in [6.45, 7) is 1.52. The molecule has 1 fully saturated rings. The lowest BCUT2D eigenvalue weighted by atomic mass is 9.95. The van der Waals surface area contributed by atoms with Gasteiger partial charge in [-0.25, -0.2) is 0 Å². The number of methoxy groups -OCH3 is 1. The summed E-state index contributed by atoms with van der Waals surface area (Å²) in [6, 6.07) is -0.113. The van der Waals surface area contributed by atoms with Crippen LogP contribution in [-0.2, 0) is 9.53 Å². The average Bonchev–Trinajstić information content (AvgIpc) is 2.17. The third-order valence-corrected chi connectivity index (χ3v) is 2.34. The molecule has 1 heterocycles. The van der Waals surface area contributed by atoms with Gasteiger partial charge < -0.3 is 15.8 Å². The van der Waals surface area contributed by atoms with Crippen LogP contribution in [0.1, 0.15) is 12.8 Å². The first-order valence-corrected chi connectivity index (χ1v) is 4.29. The van der Waals surface area contributed by atoms with Crippen molar-refractivity contribution in [3.05, 3.63) is 0 Å². The van der Waals surface area contributed by atoms with E-state index in [-0.39, 0.29) is 12.0 Å². The Morgan fingerprint density at radius 2 is 2.42 bits per heavy atom. The van der Waals surface area contributed by atoms with Gasteiger partial charge in [0.2, 0.25) is 0 Å². The Kier molecular flexibility index (Phi) is 3.49. The molecule has 1 rings (SSSR count). The van der Waals surface area contributed by atoms with E-state index in [1.165, 1.54) is 7.11 Å². The van der Waals surface area contributed by atoms with Crippen LogP contribution >= 0.6 is 0 Å². The molecule has 70 valence electrons. The van der Waals surface area contributed by atoms with E-state index in [0.717, 1.165) is 19.4 Å². The van der Waals surface area contributed by atoms with Gasteiger partial charge in [0.05, 0.1) is 7.11 Å². The SMILES string of the molecule is COC(=O)C1CCC(CN)CN1. The van der Waals surface area contributed by atoms with Gasteiger partial charge in [0, 0.05) is 0 Å². The number of carbonyl (C=O) groups excluding carboxylic acids is 1. The summed E-state index contributed by atoms with van der Waals surface area (Å²) in [7, 11) is 1.42. The Bertz CT molecular complexity index is 153. The van der Waals surface area contributed by atoms with Crippen molar-refractivity contribution in [3.8, 4) is 0 Å². The second-order valence-corrected chi connectivity index (χ2v) is 3.16. The Labute approximate surface area is 72.5 Å². The fourth-order valence-corrected chi connectivity index (χ4v) is 1.46. The molecule has 0 bridgehead atoms. The van der Waals surface area contributed by atoms with E-state index in [9.17, 15) is 4.79 Å². The molecular weight excluding hydrogens is 156 g/mol. The normalized spacial score (nSPS) is 29.8. The zero-order chi connectivity index (χ0) is 8.97. The van der Waals surface area contributed by atoms with Crippen LogP contribution in [0.15, 0.2) is 0 Å². The van der Waals surface area contributed by atoms with E-state index in [0.29, 0.717) is 12.5 Å². The van der Waals surface area contributed by atoms with Gasteiger partial charge in [0.25, 0.3) is 0 Å². The van der Waals surface area contributed by atoms with E-state index >= 15 is 0 Å². The maximum absolute atomic E-state index is 11.0. The van der Waals surface area contributed by atoms with Gasteiger partial charge in [-0.1, -0.05) is 0 Å². The Hall–Kier alpha value is -0.610. The van der Waals surface area contributed by atoms with Crippen LogP contribution in [0.3, 0.4) is 0 Å². The number of hydrogen-bond donors (Lipinski definition) is 2. The number of ether oxygens (including phenoxy) is 1. The first kappa shape index (κ1) is 9.48. The molecule has 1 aliphatic heterocycles. The minimum Gasteiger partial charge on any atom is -0.468 e. The van der Waals surface area contributed by atoms with Crippen LogP contribution in [0.5, 0.6) is 0 Å². The minimum atomic E-state index is -0.162. The Morgan fingerprint density at radius 1 is 1.67 bits per heavy atom. The van der Waals surface area contributed by atoms with Gasteiger partial charge in [-0.15, -0.1) is 0 Å². The van der Waals surface area contributed by atoms with Crippen LogP contribution in [0.2, 0.25) is 0 Å². The fraction of sp³-hybridized carbons (Fsp3) is 0.875. The molecule has 0 aromatic heterocycles. The monoisotopic (exact) mass is 172 g/mol. The molecular formula is C8H16N2O2. The molecule has 1 aliphatic rings. The molecule has 0 amide bonds. The van der Waals surface area contributed by atoms with Crippen LogP contribution in [0, 0.1) is 5.92 Å². The van der Waals surface area contributed by atoms with Crippen LogP contribution in [0.4, 0.5) is 0 Å². The average molecular weight is 172 g/mol. The van der Waals surface area contributed by atoms with Crippen molar-refractivity contribution in [2.45, 2.75) is 18.9 Å². The molecule has 4 nitrogen and oxygen atoms in total. The van der Waals surface area contributed by atoms with Gasteiger partial charge in [0.1, 0.15) is 6.04 Å². The highest BCUT2D eigenvalue weighted by molar-refractivity contribution is 5.75. The number of hydrogen-bond acceptors (Lipinski definition) is 4. The highest BCUT2D eigenvalue weighted by atomic mass is 16.5. The number of esters is 1. The predicted molar refractivity (Wildman–Crippen MR) is 45.6 cm³/mol. The third kappa shape index (κ3) is 2.19. The first-order valence-electron chi connectivity index (χ1n) is 4.29. The number of rotatable bonds is 2. The predicted octanol–water partition coefficient (Wildman–Crippen LogP) is -0.514. The van der Waals surface area contributed by atoms with Crippen molar-refractivity contribution in [2.75, 3.05) is 20.2 Å².